The summed E-state index contributed by atoms with van der Waals surface area (Å²) in [5.74, 6) is 0. The van der Waals surface area contributed by atoms with Gasteiger partial charge in [-0.1, -0.05) is 0 Å². The molecule has 2 atom stereocenters. The standard InChI is InChI=1S/C15H24N2/c1-9-8-14-15(11(3)10(9)2)17(7)13(5)12(4)16(14)6/h8,12-13H,1-7H3. The smallest absolute Gasteiger partial charge is 0.0637 e. The van der Waals surface area contributed by atoms with Gasteiger partial charge in [0, 0.05) is 26.2 Å². The van der Waals surface area contributed by atoms with Crippen LogP contribution in [0.2, 0.25) is 0 Å². The van der Waals surface area contributed by atoms with E-state index in [-0.39, 0.29) is 0 Å². The van der Waals surface area contributed by atoms with Crippen molar-refractivity contribution in [3.05, 3.63) is 22.8 Å². The minimum absolute atomic E-state index is 0.549. The van der Waals surface area contributed by atoms with Crippen molar-refractivity contribution >= 4 is 11.4 Å². The summed E-state index contributed by atoms with van der Waals surface area (Å²) in [6.07, 6.45) is 0. The first-order valence-electron chi connectivity index (χ1n) is 6.42. The lowest BCUT2D eigenvalue weighted by Crippen LogP contribution is -2.51. The zero-order valence-corrected chi connectivity index (χ0v) is 12.1. The van der Waals surface area contributed by atoms with Crippen molar-refractivity contribution in [3.8, 4) is 0 Å². The first-order valence-corrected chi connectivity index (χ1v) is 6.42. The molecule has 2 heteroatoms. The van der Waals surface area contributed by atoms with Crippen molar-refractivity contribution in [1.29, 1.82) is 0 Å². The summed E-state index contributed by atoms with van der Waals surface area (Å²) >= 11 is 0. The second kappa shape index (κ2) is 3.94. The highest BCUT2D eigenvalue weighted by Crippen LogP contribution is 2.41. The Morgan fingerprint density at radius 3 is 2.00 bits per heavy atom. The fraction of sp³-hybridized carbons (Fsp3) is 0.600. The molecule has 0 amide bonds. The Hall–Kier alpha value is -1.18. The molecule has 2 nitrogen and oxygen atoms in total. The minimum Gasteiger partial charge on any atom is -0.368 e. The Kier molecular flexibility index (Phi) is 2.84. The number of hydrogen-bond acceptors (Lipinski definition) is 2. The third kappa shape index (κ3) is 1.62. The van der Waals surface area contributed by atoms with Crippen molar-refractivity contribution in [2.75, 3.05) is 23.9 Å². The van der Waals surface area contributed by atoms with Crippen LogP contribution in [-0.4, -0.2) is 26.2 Å². The summed E-state index contributed by atoms with van der Waals surface area (Å²) in [5, 5.41) is 0. The van der Waals surface area contributed by atoms with Crippen LogP contribution in [0, 0.1) is 20.8 Å². The Morgan fingerprint density at radius 2 is 1.41 bits per heavy atom. The Morgan fingerprint density at radius 1 is 0.882 bits per heavy atom. The van der Waals surface area contributed by atoms with Crippen LogP contribution in [0.1, 0.15) is 30.5 Å². The topological polar surface area (TPSA) is 6.48 Å². The van der Waals surface area contributed by atoms with E-state index in [1.807, 2.05) is 0 Å². The molecule has 1 aliphatic rings. The molecule has 1 heterocycles. The molecular weight excluding hydrogens is 208 g/mol. The zero-order valence-electron chi connectivity index (χ0n) is 12.1. The Labute approximate surface area is 105 Å². The summed E-state index contributed by atoms with van der Waals surface area (Å²) in [4.78, 5) is 4.85. The van der Waals surface area contributed by atoms with E-state index in [1.54, 1.807) is 0 Å². The van der Waals surface area contributed by atoms with Gasteiger partial charge in [0.25, 0.3) is 0 Å². The van der Waals surface area contributed by atoms with Crippen LogP contribution < -0.4 is 9.80 Å². The first-order chi connectivity index (χ1) is 7.86. The molecule has 1 aliphatic heterocycles. The van der Waals surface area contributed by atoms with Crippen molar-refractivity contribution in [3.63, 3.8) is 0 Å². The van der Waals surface area contributed by atoms with E-state index in [0.29, 0.717) is 12.1 Å². The molecule has 0 bridgehead atoms. The maximum atomic E-state index is 2.43. The van der Waals surface area contributed by atoms with Gasteiger partial charge >= 0.3 is 0 Å². The van der Waals surface area contributed by atoms with Gasteiger partial charge in [0.15, 0.2) is 0 Å². The van der Waals surface area contributed by atoms with Crippen LogP contribution in [0.15, 0.2) is 6.07 Å². The van der Waals surface area contributed by atoms with Crippen LogP contribution in [0.25, 0.3) is 0 Å². The van der Waals surface area contributed by atoms with Gasteiger partial charge in [-0.25, -0.2) is 0 Å². The van der Waals surface area contributed by atoms with E-state index in [2.05, 4.69) is 64.6 Å². The third-order valence-electron chi connectivity index (χ3n) is 4.76. The molecule has 0 fully saturated rings. The second-order valence-corrected chi connectivity index (χ2v) is 5.51. The monoisotopic (exact) mass is 232 g/mol. The molecule has 17 heavy (non-hydrogen) atoms. The number of fused-ring (bicyclic) bond motifs is 1. The van der Waals surface area contributed by atoms with Crippen molar-refractivity contribution in [2.24, 2.45) is 0 Å². The number of likely N-dealkylation sites (N-methyl/N-ethyl adjacent to an activating group) is 2. The van der Waals surface area contributed by atoms with E-state index in [0.717, 1.165) is 0 Å². The van der Waals surface area contributed by atoms with Crippen LogP contribution in [0.3, 0.4) is 0 Å². The predicted molar refractivity (Wildman–Crippen MR) is 76.4 cm³/mol. The summed E-state index contributed by atoms with van der Waals surface area (Å²) in [5.41, 5.74) is 7.02. The highest BCUT2D eigenvalue weighted by molar-refractivity contribution is 5.79. The lowest BCUT2D eigenvalue weighted by atomic mass is 9.94. The maximum Gasteiger partial charge on any atom is 0.0637 e. The van der Waals surface area contributed by atoms with Gasteiger partial charge < -0.3 is 9.80 Å². The second-order valence-electron chi connectivity index (χ2n) is 5.51. The summed E-state index contributed by atoms with van der Waals surface area (Å²) in [6.45, 7) is 11.3. The maximum absolute atomic E-state index is 2.43. The Bertz CT molecular complexity index is 451. The molecule has 0 radical (unpaired) electrons. The lowest BCUT2D eigenvalue weighted by Gasteiger charge is -2.46. The number of benzene rings is 1. The molecule has 0 saturated heterocycles. The molecule has 2 rings (SSSR count). The van der Waals surface area contributed by atoms with Crippen molar-refractivity contribution in [2.45, 2.75) is 46.7 Å². The van der Waals surface area contributed by atoms with Crippen LogP contribution in [-0.2, 0) is 0 Å². The minimum atomic E-state index is 0.549. The highest BCUT2D eigenvalue weighted by atomic mass is 15.3. The summed E-state index contributed by atoms with van der Waals surface area (Å²) < 4.78 is 0. The molecule has 0 N–H and O–H groups in total. The number of hydrogen-bond donors (Lipinski definition) is 0. The quantitative estimate of drug-likeness (QED) is 0.677. The molecule has 0 aromatic heterocycles. The van der Waals surface area contributed by atoms with Gasteiger partial charge in [-0.05, 0) is 57.4 Å². The van der Waals surface area contributed by atoms with E-state index in [1.165, 1.54) is 28.1 Å². The van der Waals surface area contributed by atoms with Gasteiger partial charge in [0.05, 0.1) is 11.4 Å². The number of rotatable bonds is 0. The first kappa shape index (κ1) is 12.3. The van der Waals surface area contributed by atoms with Gasteiger partial charge in [0.2, 0.25) is 0 Å². The molecule has 94 valence electrons. The molecule has 1 aromatic rings. The van der Waals surface area contributed by atoms with Crippen LogP contribution >= 0.6 is 0 Å². The molecule has 1 aromatic carbocycles. The third-order valence-corrected chi connectivity index (χ3v) is 4.76. The summed E-state index contributed by atoms with van der Waals surface area (Å²) in [6, 6.07) is 3.43. The van der Waals surface area contributed by atoms with E-state index >= 15 is 0 Å². The van der Waals surface area contributed by atoms with Gasteiger partial charge in [-0.3, -0.25) is 0 Å². The fourth-order valence-corrected chi connectivity index (χ4v) is 2.83. The molecule has 0 aliphatic carbocycles. The highest BCUT2D eigenvalue weighted by Gasteiger charge is 2.31. The fourth-order valence-electron chi connectivity index (χ4n) is 2.83. The average Bonchev–Trinajstić information content (AvgIpc) is 2.30. The Balaban J connectivity index is 2.70. The normalized spacial score (nSPS) is 23.9. The molecule has 0 saturated carbocycles. The molecule has 0 spiro atoms. The molecular formula is C15H24N2. The zero-order chi connectivity index (χ0) is 12.9. The van der Waals surface area contributed by atoms with Crippen molar-refractivity contribution in [1.82, 2.24) is 0 Å². The van der Waals surface area contributed by atoms with Gasteiger partial charge in [-0.15, -0.1) is 0 Å². The van der Waals surface area contributed by atoms with Crippen molar-refractivity contribution < 1.29 is 0 Å². The predicted octanol–water partition coefficient (Wildman–Crippen LogP) is 3.27. The average molecular weight is 232 g/mol. The molecule has 2 unspecified atom stereocenters. The summed E-state index contributed by atoms with van der Waals surface area (Å²) in [7, 11) is 4.43. The van der Waals surface area contributed by atoms with Crippen LogP contribution in [0.5, 0.6) is 0 Å². The van der Waals surface area contributed by atoms with Gasteiger partial charge in [-0.2, -0.15) is 0 Å². The number of nitrogens with zero attached hydrogens (tertiary/aromatic N) is 2. The number of anilines is 2. The van der Waals surface area contributed by atoms with E-state index < -0.39 is 0 Å². The largest absolute Gasteiger partial charge is 0.368 e. The lowest BCUT2D eigenvalue weighted by molar-refractivity contribution is 0.528. The van der Waals surface area contributed by atoms with Crippen LogP contribution in [0.4, 0.5) is 11.4 Å². The van der Waals surface area contributed by atoms with Gasteiger partial charge in [0.1, 0.15) is 0 Å². The van der Waals surface area contributed by atoms with E-state index in [4.69, 9.17) is 0 Å². The van der Waals surface area contributed by atoms with E-state index in [9.17, 15) is 0 Å². The SMILES string of the molecule is Cc1cc2c(c(C)c1C)N(C)C(C)C(C)N2C. The number of aryl methyl sites for hydroxylation is 1.